The number of aromatic nitrogens is 2. The van der Waals surface area contributed by atoms with Crippen LogP contribution in [-0.4, -0.2) is 14.3 Å². The van der Waals surface area contributed by atoms with Gasteiger partial charge in [-0.2, -0.15) is 4.37 Å². The average Bonchev–Trinajstić information content (AvgIpc) is 2.85. The fourth-order valence-corrected chi connectivity index (χ4v) is 3.16. The predicted octanol–water partition coefficient (Wildman–Crippen LogP) is 2.88. The van der Waals surface area contributed by atoms with E-state index in [0.29, 0.717) is 5.75 Å². The molecule has 0 fully saturated rings. The number of para-hydroxylation sites is 1. The van der Waals surface area contributed by atoms with Crippen LogP contribution in [0.4, 0.5) is 11.4 Å². The van der Waals surface area contributed by atoms with Crippen molar-refractivity contribution in [1.82, 2.24) is 9.36 Å². The second-order valence-electron chi connectivity index (χ2n) is 3.73. The molecule has 0 bridgehead atoms. The Labute approximate surface area is 118 Å². The van der Waals surface area contributed by atoms with Gasteiger partial charge in [0, 0.05) is 18.2 Å². The van der Waals surface area contributed by atoms with Gasteiger partial charge in [-0.05, 0) is 17.1 Å². The van der Waals surface area contributed by atoms with E-state index < -0.39 is 4.92 Å². The Morgan fingerprint density at radius 2 is 2.32 bits per heavy atom. The van der Waals surface area contributed by atoms with E-state index in [-0.39, 0.29) is 11.4 Å². The Balaban J connectivity index is 2.11. The number of hydrogen-bond acceptors (Lipinski definition) is 7. The maximum Gasteiger partial charge on any atom is 0.292 e. The minimum Gasteiger partial charge on any atom is -0.393 e. The molecule has 2 aromatic rings. The molecule has 1 heterocycles. The molecule has 0 aliphatic carbocycles. The number of thioether (sulfide) groups is 1. The quantitative estimate of drug-likeness (QED) is 0.394. The van der Waals surface area contributed by atoms with Gasteiger partial charge in [-0.15, -0.1) is 0 Å². The first kappa shape index (κ1) is 13.8. The smallest absolute Gasteiger partial charge is 0.292 e. The van der Waals surface area contributed by atoms with Crippen LogP contribution in [0.15, 0.2) is 22.5 Å². The van der Waals surface area contributed by atoms with E-state index in [1.165, 1.54) is 29.4 Å². The topological polar surface area (TPSA) is 94.9 Å². The van der Waals surface area contributed by atoms with Crippen LogP contribution in [0.2, 0.25) is 0 Å². The molecular formula is C11H12N4O2S2. The molecular weight excluding hydrogens is 284 g/mol. The molecule has 2 N–H and O–H groups in total. The zero-order chi connectivity index (χ0) is 13.8. The lowest BCUT2D eigenvalue weighted by molar-refractivity contribution is -0.383. The van der Waals surface area contributed by atoms with Gasteiger partial charge < -0.3 is 5.73 Å². The van der Waals surface area contributed by atoms with Crippen LogP contribution in [0.3, 0.4) is 0 Å². The first-order chi connectivity index (χ1) is 9.11. The Morgan fingerprint density at radius 3 is 2.95 bits per heavy atom. The maximum atomic E-state index is 10.8. The predicted molar refractivity (Wildman–Crippen MR) is 76.4 cm³/mol. The summed E-state index contributed by atoms with van der Waals surface area (Å²) in [5.41, 5.74) is 6.71. The standard InChI is InChI=1S/C11H12N4O2S2/c1-2-9-13-11(19-14-9)18-6-7-4-3-5-8(10(7)12)15(16)17/h3-5H,2,6,12H2,1H3. The second kappa shape index (κ2) is 5.98. The number of nitrogens with two attached hydrogens (primary N) is 1. The van der Waals surface area contributed by atoms with Crippen molar-refractivity contribution in [1.29, 1.82) is 0 Å². The minimum absolute atomic E-state index is 0.0513. The minimum atomic E-state index is -0.469. The molecule has 6 nitrogen and oxygen atoms in total. The lowest BCUT2D eigenvalue weighted by atomic mass is 10.2. The lowest BCUT2D eigenvalue weighted by Gasteiger charge is -2.04. The number of benzene rings is 1. The number of aryl methyl sites for hydroxylation is 1. The van der Waals surface area contributed by atoms with Gasteiger partial charge in [0.15, 0.2) is 4.34 Å². The van der Waals surface area contributed by atoms with Gasteiger partial charge in [-0.1, -0.05) is 30.8 Å². The zero-order valence-electron chi connectivity index (χ0n) is 10.2. The van der Waals surface area contributed by atoms with Crippen molar-refractivity contribution in [2.75, 3.05) is 5.73 Å². The molecule has 0 aliphatic heterocycles. The van der Waals surface area contributed by atoms with Crippen molar-refractivity contribution in [3.63, 3.8) is 0 Å². The summed E-state index contributed by atoms with van der Waals surface area (Å²) < 4.78 is 5.04. The van der Waals surface area contributed by atoms with Gasteiger partial charge in [-0.3, -0.25) is 10.1 Å². The molecule has 1 aromatic heterocycles. The third kappa shape index (κ3) is 3.21. The molecule has 0 radical (unpaired) electrons. The summed E-state index contributed by atoms with van der Waals surface area (Å²) >= 11 is 2.82. The van der Waals surface area contributed by atoms with Gasteiger partial charge in [0.1, 0.15) is 11.5 Å². The van der Waals surface area contributed by atoms with Gasteiger partial charge >= 0.3 is 0 Å². The van der Waals surface area contributed by atoms with Crippen molar-refractivity contribution in [3.05, 3.63) is 39.7 Å². The fraction of sp³-hybridized carbons (Fsp3) is 0.273. The van der Waals surface area contributed by atoms with Crippen molar-refractivity contribution in [2.24, 2.45) is 0 Å². The number of nitro benzene ring substituents is 1. The van der Waals surface area contributed by atoms with Gasteiger partial charge in [0.05, 0.1) is 4.92 Å². The Hall–Kier alpha value is -1.67. The van der Waals surface area contributed by atoms with Crippen molar-refractivity contribution >= 4 is 34.7 Å². The monoisotopic (exact) mass is 296 g/mol. The summed E-state index contributed by atoms with van der Waals surface area (Å²) in [7, 11) is 0. The zero-order valence-corrected chi connectivity index (χ0v) is 11.8. The highest BCUT2D eigenvalue weighted by Gasteiger charge is 2.14. The van der Waals surface area contributed by atoms with Crippen molar-refractivity contribution < 1.29 is 4.92 Å². The van der Waals surface area contributed by atoms with Crippen molar-refractivity contribution in [2.45, 2.75) is 23.4 Å². The third-order valence-electron chi connectivity index (χ3n) is 2.49. The lowest BCUT2D eigenvalue weighted by Crippen LogP contribution is -1.99. The Kier molecular flexibility index (Phi) is 4.33. The molecule has 0 saturated carbocycles. The third-order valence-corrected chi connectivity index (χ3v) is 4.41. The van der Waals surface area contributed by atoms with E-state index in [0.717, 1.165) is 22.1 Å². The molecule has 0 amide bonds. The van der Waals surface area contributed by atoms with Crippen LogP contribution in [0.5, 0.6) is 0 Å². The summed E-state index contributed by atoms with van der Waals surface area (Å²) in [5, 5.41) is 10.8. The van der Waals surface area contributed by atoms with Crippen LogP contribution in [0.25, 0.3) is 0 Å². The number of nitrogen functional groups attached to an aromatic ring is 1. The van der Waals surface area contributed by atoms with Crippen LogP contribution in [-0.2, 0) is 12.2 Å². The molecule has 0 unspecified atom stereocenters. The fourth-order valence-electron chi connectivity index (χ4n) is 1.46. The molecule has 0 aliphatic rings. The summed E-state index contributed by atoms with van der Waals surface area (Å²) in [6, 6.07) is 4.84. The molecule has 2 rings (SSSR count). The van der Waals surface area contributed by atoms with Crippen LogP contribution in [0.1, 0.15) is 18.3 Å². The number of hydrogen-bond donors (Lipinski definition) is 1. The SMILES string of the molecule is CCc1nsc(SCc2cccc([N+](=O)[O-])c2N)n1. The van der Waals surface area contributed by atoms with E-state index in [1.807, 2.05) is 6.92 Å². The number of nitrogens with zero attached hydrogens (tertiary/aromatic N) is 3. The number of nitro groups is 1. The van der Waals surface area contributed by atoms with E-state index in [4.69, 9.17) is 5.73 Å². The van der Waals surface area contributed by atoms with Crippen LogP contribution >= 0.6 is 23.3 Å². The average molecular weight is 296 g/mol. The highest BCUT2D eigenvalue weighted by molar-refractivity contribution is 8.00. The van der Waals surface area contributed by atoms with E-state index >= 15 is 0 Å². The molecule has 19 heavy (non-hydrogen) atoms. The van der Waals surface area contributed by atoms with Gasteiger partial charge in [0.2, 0.25) is 0 Å². The second-order valence-corrected chi connectivity index (χ2v) is 5.70. The Morgan fingerprint density at radius 1 is 1.53 bits per heavy atom. The molecule has 1 aromatic carbocycles. The highest BCUT2D eigenvalue weighted by Crippen LogP contribution is 2.31. The largest absolute Gasteiger partial charge is 0.393 e. The number of rotatable bonds is 5. The molecule has 0 atom stereocenters. The first-order valence-corrected chi connectivity index (χ1v) is 7.34. The van der Waals surface area contributed by atoms with Crippen molar-refractivity contribution in [3.8, 4) is 0 Å². The maximum absolute atomic E-state index is 10.8. The Bertz CT molecular complexity index is 600. The molecule has 0 spiro atoms. The molecule has 0 saturated heterocycles. The van der Waals surface area contributed by atoms with Crippen LogP contribution in [0, 0.1) is 10.1 Å². The van der Waals surface area contributed by atoms with E-state index in [1.54, 1.807) is 12.1 Å². The number of anilines is 1. The van der Waals surface area contributed by atoms with Gasteiger partial charge in [0.25, 0.3) is 5.69 Å². The van der Waals surface area contributed by atoms with E-state index in [2.05, 4.69) is 9.36 Å². The van der Waals surface area contributed by atoms with Crippen LogP contribution < -0.4 is 5.73 Å². The summed E-state index contributed by atoms with van der Waals surface area (Å²) in [6.45, 7) is 2.00. The summed E-state index contributed by atoms with van der Waals surface area (Å²) in [4.78, 5) is 14.6. The molecule has 8 heteroatoms. The normalized spacial score (nSPS) is 10.6. The summed E-state index contributed by atoms with van der Waals surface area (Å²) in [5.74, 6) is 1.37. The highest BCUT2D eigenvalue weighted by atomic mass is 32.2. The summed E-state index contributed by atoms with van der Waals surface area (Å²) in [6.07, 6.45) is 0.802. The first-order valence-electron chi connectivity index (χ1n) is 5.59. The van der Waals surface area contributed by atoms with E-state index in [9.17, 15) is 10.1 Å². The van der Waals surface area contributed by atoms with Gasteiger partial charge in [-0.25, -0.2) is 4.98 Å². The molecule has 100 valence electrons.